The van der Waals surface area contributed by atoms with Crippen LogP contribution < -0.4 is 15.2 Å². The van der Waals surface area contributed by atoms with Gasteiger partial charge in [0.2, 0.25) is 0 Å². The lowest BCUT2D eigenvalue weighted by Crippen LogP contribution is -2.32. The van der Waals surface area contributed by atoms with E-state index in [-0.39, 0.29) is 0 Å². The van der Waals surface area contributed by atoms with E-state index >= 15 is 0 Å². The predicted octanol–water partition coefficient (Wildman–Crippen LogP) is 1.92. The number of rotatable bonds is 8. The molecule has 1 aromatic carbocycles. The lowest BCUT2D eigenvalue weighted by atomic mass is 10.1. The van der Waals surface area contributed by atoms with Gasteiger partial charge >= 0.3 is 0 Å². The molecule has 0 saturated heterocycles. The third-order valence-corrected chi connectivity index (χ3v) is 3.45. The Labute approximate surface area is 116 Å². The standard InChI is InChI=1S/C15H26N2O2/c1-12(17(2)9-5-8-16)10-13-6-7-14(18-3)15(11-13)19-4/h6-7,11-12H,5,8-10,16H2,1-4H3. The van der Waals surface area contributed by atoms with Gasteiger partial charge in [0, 0.05) is 6.04 Å². The van der Waals surface area contributed by atoms with Crippen LogP contribution in [0.1, 0.15) is 18.9 Å². The molecule has 2 N–H and O–H groups in total. The first kappa shape index (κ1) is 15.8. The molecule has 19 heavy (non-hydrogen) atoms. The van der Waals surface area contributed by atoms with Gasteiger partial charge in [-0.25, -0.2) is 0 Å². The zero-order chi connectivity index (χ0) is 14.3. The van der Waals surface area contributed by atoms with E-state index in [0.29, 0.717) is 6.04 Å². The van der Waals surface area contributed by atoms with Crippen LogP contribution in [0.15, 0.2) is 18.2 Å². The molecule has 0 radical (unpaired) electrons. The van der Waals surface area contributed by atoms with Gasteiger partial charge in [-0.15, -0.1) is 0 Å². The second kappa shape index (κ2) is 8.02. The van der Waals surface area contributed by atoms with Crippen LogP contribution in [0.5, 0.6) is 11.5 Å². The summed E-state index contributed by atoms with van der Waals surface area (Å²) >= 11 is 0. The van der Waals surface area contributed by atoms with Gasteiger partial charge in [0.1, 0.15) is 0 Å². The third kappa shape index (κ3) is 4.73. The summed E-state index contributed by atoms with van der Waals surface area (Å²) < 4.78 is 10.6. The summed E-state index contributed by atoms with van der Waals surface area (Å²) in [5.74, 6) is 1.56. The fourth-order valence-corrected chi connectivity index (χ4v) is 2.07. The molecule has 1 rings (SSSR count). The van der Waals surface area contributed by atoms with Crippen LogP contribution in [-0.2, 0) is 6.42 Å². The summed E-state index contributed by atoms with van der Waals surface area (Å²) in [7, 11) is 5.46. The maximum Gasteiger partial charge on any atom is 0.160 e. The number of likely N-dealkylation sites (N-methyl/N-ethyl adjacent to an activating group) is 1. The summed E-state index contributed by atoms with van der Waals surface area (Å²) in [4.78, 5) is 2.34. The minimum absolute atomic E-state index is 0.477. The van der Waals surface area contributed by atoms with Crippen molar-refractivity contribution < 1.29 is 9.47 Å². The molecule has 0 spiro atoms. The number of nitrogens with two attached hydrogens (primary N) is 1. The molecule has 0 bridgehead atoms. The molecule has 108 valence electrons. The molecular weight excluding hydrogens is 240 g/mol. The first-order valence-electron chi connectivity index (χ1n) is 6.73. The maximum absolute atomic E-state index is 5.54. The van der Waals surface area contributed by atoms with Crippen LogP contribution in [0.3, 0.4) is 0 Å². The summed E-state index contributed by atoms with van der Waals surface area (Å²) in [5, 5.41) is 0. The molecule has 4 heteroatoms. The van der Waals surface area contributed by atoms with E-state index in [1.807, 2.05) is 12.1 Å². The largest absolute Gasteiger partial charge is 0.493 e. The average Bonchev–Trinajstić information content (AvgIpc) is 2.44. The summed E-state index contributed by atoms with van der Waals surface area (Å²) in [6.45, 7) is 4.01. The molecule has 0 amide bonds. The number of nitrogens with zero attached hydrogens (tertiary/aromatic N) is 1. The van der Waals surface area contributed by atoms with E-state index < -0.39 is 0 Å². The van der Waals surface area contributed by atoms with Crippen LogP contribution in [0.25, 0.3) is 0 Å². The van der Waals surface area contributed by atoms with E-state index in [1.54, 1.807) is 14.2 Å². The lowest BCUT2D eigenvalue weighted by Gasteiger charge is -2.24. The molecule has 0 aliphatic carbocycles. The molecule has 0 saturated carbocycles. The molecule has 0 heterocycles. The Kier molecular flexibility index (Phi) is 6.67. The molecule has 0 aliphatic rings. The van der Waals surface area contributed by atoms with E-state index in [4.69, 9.17) is 15.2 Å². The number of benzene rings is 1. The third-order valence-electron chi connectivity index (χ3n) is 3.45. The second-order valence-corrected chi connectivity index (χ2v) is 4.87. The number of hydrogen-bond acceptors (Lipinski definition) is 4. The molecule has 0 aromatic heterocycles. The van der Waals surface area contributed by atoms with Crippen LogP contribution >= 0.6 is 0 Å². The first-order chi connectivity index (χ1) is 9.12. The highest BCUT2D eigenvalue weighted by Crippen LogP contribution is 2.28. The van der Waals surface area contributed by atoms with Gasteiger partial charge in [0.25, 0.3) is 0 Å². The number of methoxy groups -OCH3 is 2. The monoisotopic (exact) mass is 266 g/mol. The van der Waals surface area contributed by atoms with Gasteiger partial charge < -0.3 is 20.1 Å². The molecule has 1 unspecified atom stereocenters. The Morgan fingerprint density at radius 2 is 1.89 bits per heavy atom. The molecule has 4 nitrogen and oxygen atoms in total. The number of ether oxygens (including phenoxy) is 2. The van der Waals surface area contributed by atoms with E-state index in [9.17, 15) is 0 Å². The molecule has 0 fully saturated rings. The van der Waals surface area contributed by atoms with Crippen LogP contribution in [-0.4, -0.2) is 45.3 Å². The van der Waals surface area contributed by atoms with Crippen molar-refractivity contribution in [3.8, 4) is 11.5 Å². The first-order valence-corrected chi connectivity index (χ1v) is 6.73. The minimum Gasteiger partial charge on any atom is -0.493 e. The summed E-state index contributed by atoms with van der Waals surface area (Å²) in [5.41, 5.74) is 6.80. The van der Waals surface area contributed by atoms with Crippen molar-refractivity contribution in [1.82, 2.24) is 4.90 Å². The molecule has 1 aromatic rings. The van der Waals surface area contributed by atoms with Crippen LogP contribution in [0, 0.1) is 0 Å². The van der Waals surface area contributed by atoms with Crippen LogP contribution in [0.2, 0.25) is 0 Å². The van der Waals surface area contributed by atoms with Crippen molar-refractivity contribution in [1.29, 1.82) is 0 Å². The van der Waals surface area contributed by atoms with Crippen molar-refractivity contribution in [2.75, 3.05) is 34.4 Å². The van der Waals surface area contributed by atoms with Gasteiger partial charge in [-0.1, -0.05) is 6.07 Å². The highest BCUT2D eigenvalue weighted by molar-refractivity contribution is 5.43. The van der Waals surface area contributed by atoms with E-state index in [0.717, 1.165) is 37.4 Å². The molecular formula is C15H26N2O2. The Morgan fingerprint density at radius 3 is 2.47 bits per heavy atom. The van der Waals surface area contributed by atoms with Crippen molar-refractivity contribution >= 4 is 0 Å². The lowest BCUT2D eigenvalue weighted by molar-refractivity contribution is 0.254. The predicted molar refractivity (Wildman–Crippen MR) is 79.0 cm³/mol. The normalized spacial score (nSPS) is 12.5. The van der Waals surface area contributed by atoms with E-state index in [2.05, 4.69) is 24.9 Å². The van der Waals surface area contributed by atoms with Gasteiger partial charge in [-0.05, 0) is 57.6 Å². The average molecular weight is 266 g/mol. The molecule has 1 atom stereocenters. The van der Waals surface area contributed by atoms with Crippen LogP contribution in [0.4, 0.5) is 0 Å². The smallest absolute Gasteiger partial charge is 0.160 e. The fourth-order valence-electron chi connectivity index (χ4n) is 2.07. The van der Waals surface area contributed by atoms with Crippen molar-refractivity contribution in [3.05, 3.63) is 23.8 Å². The highest BCUT2D eigenvalue weighted by atomic mass is 16.5. The van der Waals surface area contributed by atoms with E-state index in [1.165, 1.54) is 5.56 Å². The fraction of sp³-hybridized carbons (Fsp3) is 0.600. The quantitative estimate of drug-likeness (QED) is 0.781. The van der Waals surface area contributed by atoms with Crippen molar-refractivity contribution in [3.63, 3.8) is 0 Å². The Balaban J connectivity index is 2.66. The minimum atomic E-state index is 0.477. The highest BCUT2D eigenvalue weighted by Gasteiger charge is 2.11. The van der Waals surface area contributed by atoms with Gasteiger partial charge in [-0.3, -0.25) is 0 Å². The van der Waals surface area contributed by atoms with Gasteiger partial charge in [-0.2, -0.15) is 0 Å². The maximum atomic E-state index is 5.54. The SMILES string of the molecule is COc1ccc(CC(C)N(C)CCCN)cc1OC. The summed E-state index contributed by atoms with van der Waals surface area (Å²) in [6, 6.07) is 6.58. The zero-order valence-electron chi connectivity index (χ0n) is 12.5. The van der Waals surface area contributed by atoms with Gasteiger partial charge in [0.05, 0.1) is 14.2 Å². The van der Waals surface area contributed by atoms with Crippen molar-refractivity contribution in [2.24, 2.45) is 5.73 Å². The topological polar surface area (TPSA) is 47.7 Å². The second-order valence-electron chi connectivity index (χ2n) is 4.87. The van der Waals surface area contributed by atoms with Gasteiger partial charge in [0.15, 0.2) is 11.5 Å². The molecule has 0 aliphatic heterocycles. The Bertz CT molecular complexity index is 382. The Hall–Kier alpha value is -1.26. The number of hydrogen-bond donors (Lipinski definition) is 1. The zero-order valence-corrected chi connectivity index (χ0v) is 12.5. The van der Waals surface area contributed by atoms with Crippen molar-refractivity contribution in [2.45, 2.75) is 25.8 Å². The summed E-state index contributed by atoms with van der Waals surface area (Å²) in [6.07, 6.45) is 2.02. The Morgan fingerprint density at radius 1 is 1.21 bits per heavy atom.